The molecule has 31 heavy (non-hydrogen) atoms. The highest BCUT2D eigenvalue weighted by molar-refractivity contribution is 6.12. The van der Waals surface area contributed by atoms with Gasteiger partial charge >= 0.3 is 0 Å². The SMILES string of the molecule is N#Cc1ccc2[nH]cc(-c3ccc4ccccc4c3-c3nccc4ccccc34)c2c1. The molecule has 0 bridgehead atoms. The second kappa shape index (κ2) is 6.83. The Kier molecular flexibility index (Phi) is 3.84. The Morgan fingerprint density at radius 2 is 1.48 bits per heavy atom. The molecule has 4 aromatic carbocycles. The van der Waals surface area contributed by atoms with E-state index < -0.39 is 0 Å². The van der Waals surface area contributed by atoms with Crippen LogP contribution in [0.3, 0.4) is 0 Å². The molecule has 0 aliphatic rings. The van der Waals surface area contributed by atoms with Crippen molar-refractivity contribution in [1.82, 2.24) is 9.97 Å². The highest BCUT2D eigenvalue weighted by Gasteiger charge is 2.18. The number of nitriles is 1. The van der Waals surface area contributed by atoms with Gasteiger partial charge < -0.3 is 4.98 Å². The Bertz CT molecular complexity index is 1650. The molecule has 2 heterocycles. The Morgan fingerprint density at radius 3 is 2.32 bits per heavy atom. The van der Waals surface area contributed by atoms with E-state index in [-0.39, 0.29) is 0 Å². The fraction of sp³-hybridized carbons (Fsp3) is 0. The standard InChI is InChI=1S/C28H17N3/c29-16-18-9-12-26-24(15-18)25(17-31-26)23-11-10-19-5-1-3-7-21(19)27(23)28-22-8-4-2-6-20(22)13-14-30-28/h1-15,17,31H. The third-order valence-electron chi connectivity index (χ3n) is 5.94. The number of hydrogen-bond acceptors (Lipinski definition) is 2. The fourth-order valence-corrected chi connectivity index (χ4v) is 4.48. The summed E-state index contributed by atoms with van der Waals surface area (Å²) >= 11 is 0. The molecule has 0 aliphatic carbocycles. The number of benzene rings is 4. The van der Waals surface area contributed by atoms with Crippen molar-refractivity contribution < 1.29 is 0 Å². The summed E-state index contributed by atoms with van der Waals surface area (Å²) in [4.78, 5) is 8.22. The molecule has 3 heteroatoms. The van der Waals surface area contributed by atoms with E-state index in [2.05, 4.69) is 77.8 Å². The summed E-state index contributed by atoms with van der Waals surface area (Å²) in [7, 11) is 0. The predicted octanol–water partition coefficient (Wildman–Crippen LogP) is 7.07. The minimum absolute atomic E-state index is 0.652. The molecule has 0 amide bonds. The topological polar surface area (TPSA) is 52.5 Å². The van der Waals surface area contributed by atoms with Crippen molar-refractivity contribution in [2.75, 3.05) is 0 Å². The molecule has 0 unspecified atom stereocenters. The normalized spacial score (nSPS) is 11.2. The van der Waals surface area contributed by atoms with Crippen LogP contribution < -0.4 is 0 Å². The third kappa shape index (κ3) is 2.70. The Labute approximate surface area is 179 Å². The summed E-state index contributed by atoms with van der Waals surface area (Å²) in [5.74, 6) is 0. The van der Waals surface area contributed by atoms with Gasteiger partial charge in [-0.1, -0.05) is 60.7 Å². The van der Waals surface area contributed by atoms with Crippen molar-refractivity contribution in [3.8, 4) is 28.5 Å². The quantitative estimate of drug-likeness (QED) is 0.341. The van der Waals surface area contributed by atoms with Crippen LogP contribution >= 0.6 is 0 Å². The van der Waals surface area contributed by atoms with Crippen LogP contribution in [0.25, 0.3) is 54.8 Å². The van der Waals surface area contributed by atoms with Gasteiger partial charge in [0, 0.05) is 39.8 Å². The lowest BCUT2D eigenvalue weighted by molar-refractivity contribution is 1.36. The highest BCUT2D eigenvalue weighted by Crippen LogP contribution is 2.42. The lowest BCUT2D eigenvalue weighted by atomic mass is 9.90. The number of aromatic amines is 1. The van der Waals surface area contributed by atoms with Crippen LogP contribution in [-0.4, -0.2) is 9.97 Å². The number of pyridine rings is 1. The van der Waals surface area contributed by atoms with Gasteiger partial charge in [-0.05, 0) is 46.0 Å². The molecule has 0 saturated heterocycles. The van der Waals surface area contributed by atoms with Gasteiger partial charge in [0.2, 0.25) is 0 Å². The van der Waals surface area contributed by atoms with Crippen LogP contribution in [-0.2, 0) is 0 Å². The zero-order valence-electron chi connectivity index (χ0n) is 16.6. The smallest absolute Gasteiger partial charge is 0.0991 e. The maximum Gasteiger partial charge on any atom is 0.0991 e. The van der Waals surface area contributed by atoms with Gasteiger partial charge in [-0.15, -0.1) is 0 Å². The second-order valence-corrected chi connectivity index (χ2v) is 7.66. The molecular formula is C28H17N3. The van der Waals surface area contributed by atoms with E-state index in [0.717, 1.165) is 49.4 Å². The maximum atomic E-state index is 9.42. The second-order valence-electron chi connectivity index (χ2n) is 7.66. The van der Waals surface area contributed by atoms with Gasteiger partial charge in [-0.2, -0.15) is 5.26 Å². The van der Waals surface area contributed by atoms with E-state index in [9.17, 15) is 5.26 Å². The van der Waals surface area contributed by atoms with Crippen molar-refractivity contribution in [3.05, 3.63) is 103 Å². The predicted molar refractivity (Wildman–Crippen MR) is 127 cm³/mol. The lowest BCUT2D eigenvalue weighted by Gasteiger charge is -2.15. The van der Waals surface area contributed by atoms with Crippen LogP contribution in [0.5, 0.6) is 0 Å². The Morgan fingerprint density at radius 1 is 0.710 bits per heavy atom. The van der Waals surface area contributed by atoms with Crippen molar-refractivity contribution in [3.63, 3.8) is 0 Å². The van der Waals surface area contributed by atoms with E-state index >= 15 is 0 Å². The minimum Gasteiger partial charge on any atom is -0.361 e. The van der Waals surface area contributed by atoms with E-state index in [4.69, 9.17) is 4.98 Å². The monoisotopic (exact) mass is 395 g/mol. The van der Waals surface area contributed by atoms with Gasteiger partial charge in [-0.3, -0.25) is 4.98 Å². The molecule has 0 aliphatic heterocycles. The average molecular weight is 395 g/mol. The number of aromatic nitrogens is 2. The largest absolute Gasteiger partial charge is 0.361 e. The molecule has 0 radical (unpaired) electrons. The van der Waals surface area contributed by atoms with Crippen LogP contribution in [0.4, 0.5) is 0 Å². The fourth-order valence-electron chi connectivity index (χ4n) is 4.48. The lowest BCUT2D eigenvalue weighted by Crippen LogP contribution is -1.92. The molecule has 1 N–H and O–H groups in total. The third-order valence-corrected chi connectivity index (χ3v) is 5.94. The van der Waals surface area contributed by atoms with Crippen LogP contribution in [0.1, 0.15) is 5.56 Å². The first-order chi connectivity index (χ1) is 15.3. The van der Waals surface area contributed by atoms with Gasteiger partial charge in [0.25, 0.3) is 0 Å². The number of rotatable bonds is 2. The molecule has 3 nitrogen and oxygen atoms in total. The molecule has 144 valence electrons. The van der Waals surface area contributed by atoms with Crippen molar-refractivity contribution >= 4 is 32.4 Å². The molecule has 0 spiro atoms. The molecule has 0 saturated carbocycles. The van der Waals surface area contributed by atoms with Gasteiger partial charge in [-0.25, -0.2) is 0 Å². The molecule has 6 aromatic rings. The van der Waals surface area contributed by atoms with Gasteiger partial charge in [0.1, 0.15) is 0 Å². The molecule has 6 rings (SSSR count). The summed E-state index contributed by atoms with van der Waals surface area (Å²) in [5.41, 5.74) is 5.92. The average Bonchev–Trinajstić information content (AvgIpc) is 3.26. The van der Waals surface area contributed by atoms with Gasteiger partial charge in [0.15, 0.2) is 0 Å². The Balaban J connectivity index is 1.76. The van der Waals surface area contributed by atoms with Crippen LogP contribution in [0.2, 0.25) is 0 Å². The number of nitrogens with zero attached hydrogens (tertiary/aromatic N) is 2. The minimum atomic E-state index is 0.652. The highest BCUT2D eigenvalue weighted by atomic mass is 14.7. The summed E-state index contributed by atoms with van der Waals surface area (Å²) < 4.78 is 0. The molecule has 0 fully saturated rings. The van der Waals surface area contributed by atoms with Crippen molar-refractivity contribution in [1.29, 1.82) is 5.26 Å². The van der Waals surface area contributed by atoms with Crippen molar-refractivity contribution in [2.24, 2.45) is 0 Å². The summed E-state index contributed by atoms with van der Waals surface area (Å²) in [6.07, 6.45) is 3.91. The van der Waals surface area contributed by atoms with E-state index in [1.807, 2.05) is 30.6 Å². The first-order valence-corrected chi connectivity index (χ1v) is 10.2. The first kappa shape index (κ1) is 17.4. The Hall–Kier alpha value is -4.42. The zero-order valence-corrected chi connectivity index (χ0v) is 16.6. The number of fused-ring (bicyclic) bond motifs is 3. The van der Waals surface area contributed by atoms with Crippen LogP contribution in [0.15, 0.2) is 97.3 Å². The summed E-state index contributed by atoms with van der Waals surface area (Å²) in [5, 5.41) is 15.1. The number of nitrogens with one attached hydrogen (secondary N) is 1. The molecule has 0 atom stereocenters. The number of H-pyrrole nitrogens is 1. The van der Waals surface area contributed by atoms with E-state index in [0.29, 0.717) is 5.56 Å². The number of hydrogen-bond donors (Lipinski definition) is 1. The maximum absolute atomic E-state index is 9.42. The summed E-state index contributed by atoms with van der Waals surface area (Å²) in [6.45, 7) is 0. The molecular weight excluding hydrogens is 378 g/mol. The van der Waals surface area contributed by atoms with Crippen LogP contribution in [0, 0.1) is 11.3 Å². The van der Waals surface area contributed by atoms with Gasteiger partial charge in [0.05, 0.1) is 17.3 Å². The van der Waals surface area contributed by atoms with Crippen molar-refractivity contribution in [2.45, 2.75) is 0 Å². The molecule has 2 aromatic heterocycles. The van der Waals surface area contributed by atoms with E-state index in [1.54, 1.807) is 0 Å². The van der Waals surface area contributed by atoms with E-state index in [1.165, 1.54) is 5.39 Å². The summed E-state index contributed by atoms with van der Waals surface area (Å²) in [6, 6.07) is 31.2. The first-order valence-electron chi connectivity index (χ1n) is 10.2. The zero-order chi connectivity index (χ0) is 20.8.